The summed E-state index contributed by atoms with van der Waals surface area (Å²) in [5.74, 6) is 2.18. The molecule has 25 heavy (non-hydrogen) atoms. The maximum Gasteiger partial charge on any atom is 0.293 e. The first-order chi connectivity index (χ1) is 12.2. The number of nitrogens with zero attached hydrogens (tertiary/aromatic N) is 3. The highest BCUT2D eigenvalue weighted by atomic mass is 16.7. The van der Waals surface area contributed by atoms with E-state index in [0.29, 0.717) is 18.4 Å². The average molecular weight is 342 g/mol. The standard InChI is InChI=1S/C18H22N4O3/c1-21-9-7-19-17(18(21)23)22-8-3-5-14(11-22)20-10-13-4-2-6-15-16(13)25-12-24-15/h2,4,6-7,9,14,20H,3,5,8,10-12H2,1H3/t14-/m0/s1. The lowest BCUT2D eigenvalue weighted by atomic mass is 10.0. The smallest absolute Gasteiger partial charge is 0.293 e. The summed E-state index contributed by atoms with van der Waals surface area (Å²) in [5.41, 5.74) is 1.05. The summed E-state index contributed by atoms with van der Waals surface area (Å²) in [6, 6.07) is 6.26. The van der Waals surface area contributed by atoms with Gasteiger partial charge in [-0.05, 0) is 18.9 Å². The molecular formula is C18H22N4O3. The van der Waals surface area contributed by atoms with Gasteiger partial charge in [0.1, 0.15) is 0 Å². The van der Waals surface area contributed by atoms with Gasteiger partial charge in [-0.25, -0.2) is 4.98 Å². The Balaban J connectivity index is 1.43. The molecule has 0 amide bonds. The second-order valence-corrected chi connectivity index (χ2v) is 6.48. The molecule has 0 unspecified atom stereocenters. The van der Waals surface area contributed by atoms with Crippen LogP contribution >= 0.6 is 0 Å². The minimum atomic E-state index is -0.0467. The number of ether oxygens (including phenoxy) is 2. The van der Waals surface area contributed by atoms with Crippen molar-refractivity contribution in [1.29, 1.82) is 0 Å². The Morgan fingerprint density at radius 2 is 2.28 bits per heavy atom. The molecule has 132 valence electrons. The zero-order valence-electron chi connectivity index (χ0n) is 14.3. The number of anilines is 1. The van der Waals surface area contributed by atoms with Crippen LogP contribution in [0.5, 0.6) is 11.5 Å². The maximum absolute atomic E-state index is 12.3. The molecule has 0 radical (unpaired) electrons. The highest BCUT2D eigenvalue weighted by Crippen LogP contribution is 2.35. The Morgan fingerprint density at radius 1 is 1.36 bits per heavy atom. The molecule has 0 saturated carbocycles. The molecule has 1 fully saturated rings. The number of aryl methyl sites for hydroxylation is 1. The lowest BCUT2D eigenvalue weighted by Gasteiger charge is -2.33. The van der Waals surface area contributed by atoms with E-state index in [4.69, 9.17) is 9.47 Å². The molecule has 1 aromatic carbocycles. The van der Waals surface area contributed by atoms with Crippen molar-refractivity contribution in [3.05, 3.63) is 46.5 Å². The summed E-state index contributed by atoms with van der Waals surface area (Å²) < 4.78 is 12.6. The molecule has 2 aromatic rings. The van der Waals surface area contributed by atoms with E-state index in [1.807, 2.05) is 12.1 Å². The molecule has 1 aromatic heterocycles. The number of nitrogens with one attached hydrogen (secondary N) is 1. The maximum atomic E-state index is 12.3. The molecule has 7 heteroatoms. The van der Waals surface area contributed by atoms with E-state index < -0.39 is 0 Å². The van der Waals surface area contributed by atoms with Crippen LogP contribution in [0.2, 0.25) is 0 Å². The fraction of sp³-hybridized carbons (Fsp3) is 0.444. The molecule has 4 rings (SSSR count). The Labute approximate surface area is 146 Å². The number of benzene rings is 1. The molecule has 0 aliphatic carbocycles. The van der Waals surface area contributed by atoms with Crippen LogP contribution in [-0.4, -0.2) is 35.5 Å². The Bertz CT molecular complexity index is 820. The highest BCUT2D eigenvalue weighted by molar-refractivity contribution is 5.48. The van der Waals surface area contributed by atoms with E-state index in [0.717, 1.165) is 43.0 Å². The van der Waals surface area contributed by atoms with Crippen molar-refractivity contribution in [3.63, 3.8) is 0 Å². The molecule has 1 atom stereocenters. The van der Waals surface area contributed by atoms with Gasteiger partial charge in [-0.3, -0.25) is 4.79 Å². The summed E-state index contributed by atoms with van der Waals surface area (Å²) in [6.07, 6.45) is 5.47. The van der Waals surface area contributed by atoms with Crippen molar-refractivity contribution in [2.75, 3.05) is 24.8 Å². The van der Waals surface area contributed by atoms with Crippen LogP contribution < -0.4 is 25.2 Å². The van der Waals surface area contributed by atoms with Crippen molar-refractivity contribution < 1.29 is 9.47 Å². The van der Waals surface area contributed by atoms with Crippen LogP contribution in [0.15, 0.2) is 35.4 Å². The van der Waals surface area contributed by atoms with Crippen LogP contribution in [0.3, 0.4) is 0 Å². The normalized spacial score (nSPS) is 19.2. The van der Waals surface area contributed by atoms with Crippen molar-refractivity contribution in [2.24, 2.45) is 7.05 Å². The number of piperidine rings is 1. The summed E-state index contributed by atoms with van der Waals surface area (Å²) in [4.78, 5) is 18.7. The Hall–Kier alpha value is -2.54. The third-order valence-electron chi connectivity index (χ3n) is 4.78. The van der Waals surface area contributed by atoms with Gasteiger partial charge in [-0.15, -0.1) is 0 Å². The molecule has 0 spiro atoms. The van der Waals surface area contributed by atoms with E-state index in [1.54, 1.807) is 24.0 Å². The largest absolute Gasteiger partial charge is 0.454 e. The van der Waals surface area contributed by atoms with E-state index in [2.05, 4.69) is 21.3 Å². The van der Waals surface area contributed by atoms with Crippen molar-refractivity contribution >= 4 is 5.82 Å². The summed E-state index contributed by atoms with van der Waals surface area (Å²) >= 11 is 0. The van der Waals surface area contributed by atoms with Crippen LogP contribution in [0.1, 0.15) is 18.4 Å². The minimum absolute atomic E-state index is 0.0467. The van der Waals surface area contributed by atoms with Crippen LogP contribution in [0.25, 0.3) is 0 Å². The zero-order valence-corrected chi connectivity index (χ0v) is 14.3. The number of para-hydroxylation sites is 1. The van der Waals surface area contributed by atoms with Crippen LogP contribution in [0, 0.1) is 0 Å². The van der Waals surface area contributed by atoms with Crippen molar-refractivity contribution in [3.8, 4) is 11.5 Å². The first kappa shape index (κ1) is 16.0. The van der Waals surface area contributed by atoms with E-state index in [9.17, 15) is 4.79 Å². The third-order valence-corrected chi connectivity index (χ3v) is 4.78. The van der Waals surface area contributed by atoms with Gasteiger partial charge in [-0.1, -0.05) is 12.1 Å². The van der Waals surface area contributed by atoms with Gasteiger partial charge < -0.3 is 24.3 Å². The fourth-order valence-electron chi connectivity index (χ4n) is 3.42. The van der Waals surface area contributed by atoms with Crippen LogP contribution in [-0.2, 0) is 13.6 Å². The topological polar surface area (TPSA) is 68.6 Å². The van der Waals surface area contributed by atoms with Gasteiger partial charge in [-0.2, -0.15) is 0 Å². The molecular weight excluding hydrogens is 320 g/mol. The molecule has 7 nitrogen and oxygen atoms in total. The quantitative estimate of drug-likeness (QED) is 0.902. The Kier molecular flexibility index (Phi) is 4.31. The second-order valence-electron chi connectivity index (χ2n) is 6.48. The monoisotopic (exact) mass is 342 g/mol. The zero-order chi connectivity index (χ0) is 17.2. The molecule has 2 aliphatic rings. The number of aromatic nitrogens is 2. The van der Waals surface area contributed by atoms with Gasteiger partial charge in [0.05, 0.1) is 0 Å². The van der Waals surface area contributed by atoms with Crippen molar-refractivity contribution in [2.45, 2.75) is 25.4 Å². The molecule has 2 aliphatic heterocycles. The lowest BCUT2D eigenvalue weighted by Crippen LogP contribution is -2.47. The predicted molar refractivity (Wildman–Crippen MR) is 94.1 cm³/mol. The van der Waals surface area contributed by atoms with Crippen molar-refractivity contribution in [1.82, 2.24) is 14.9 Å². The van der Waals surface area contributed by atoms with Gasteiger partial charge in [0, 0.05) is 50.7 Å². The highest BCUT2D eigenvalue weighted by Gasteiger charge is 2.24. The Morgan fingerprint density at radius 3 is 3.20 bits per heavy atom. The minimum Gasteiger partial charge on any atom is -0.454 e. The van der Waals surface area contributed by atoms with E-state index in [-0.39, 0.29) is 12.4 Å². The summed E-state index contributed by atoms with van der Waals surface area (Å²) in [5, 5.41) is 3.59. The molecule has 1 saturated heterocycles. The SMILES string of the molecule is Cn1ccnc(N2CCC[C@H](NCc3cccc4c3OCO4)C2)c1=O. The number of hydrogen-bond donors (Lipinski definition) is 1. The number of fused-ring (bicyclic) bond motifs is 1. The second kappa shape index (κ2) is 6.76. The summed E-state index contributed by atoms with van der Waals surface area (Å²) in [6.45, 7) is 2.64. The predicted octanol–water partition coefficient (Wildman–Crippen LogP) is 1.27. The average Bonchev–Trinajstić information content (AvgIpc) is 3.12. The number of rotatable bonds is 4. The first-order valence-electron chi connectivity index (χ1n) is 8.60. The molecule has 1 N–H and O–H groups in total. The third kappa shape index (κ3) is 3.19. The molecule has 0 bridgehead atoms. The lowest BCUT2D eigenvalue weighted by molar-refractivity contribution is 0.173. The van der Waals surface area contributed by atoms with E-state index >= 15 is 0 Å². The van der Waals surface area contributed by atoms with Crippen LogP contribution in [0.4, 0.5) is 5.82 Å². The first-order valence-corrected chi connectivity index (χ1v) is 8.60. The van der Waals surface area contributed by atoms with Gasteiger partial charge >= 0.3 is 0 Å². The van der Waals surface area contributed by atoms with Gasteiger partial charge in [0.2, 0.25) is 6.79 Å². The summed E-state index contributed by atoms with van der Waals surface area (Å²) in [7, 11) is 1.76. The van der Waals surface area contributed by atoms with E-state index in [1.165, 1.54) is 0 Å². The van der Waals surface area contributed by atoms with Gasteiger partial charge in [0.15, 0.2) is 17.3 Å². The fourth-order valence-corrected chi connectivity index (χ4v) is 3.42. The molecule has 3 heterocycles. The number of hydrogen-bond acceptors (Lipinski definition) is 6. The van der Waals surface area contributed by atoms with Gasteiger partial charge in [0.25, 0.3) is 5.56 Å².